The van der Waals surface area contributed by atoms with Crippen LogP contribution in [0.2, 0.25) is 0 Å². The van der Waals surface area contributed by atoms with Gasteiger partial charge in [-0.3, -0.25) is 9.20 Å². The van der Waals surface area contributed by atoms with Gasteiger partial charge in [-0.2, -0.15) is 0 Å². The van der Waals surface area contributed by atoms with Crippen LogP contribution in [-0.2, 0) is 0 Å². The molecule has 5 nitrogen and oxygen atoms in total. The Balaban J connectivity index is 1.96. The quantitative estimate of drug-likeness (QED) is 0.771. The van der Waals surface area contributed by atoms with E-state index in [2.05, 4.69) is 31.4 Å². The van der Waals surface area contributed by atoms with Crippen molar-refractivity contribution < 1.29 is 13.6 Å². The molecule has 0 atom stereocenters. The van der Waals surface area contributed by atoms with Crippen molar-refractivity contribution in [2.75, 3.05) is 5.32 Å². The van der Waals surface area contributed by atoms with Gasteiger partial charge in [-0.25, -0.2) is 8.78 Å². The molecule has 3 aromatic rings. The maximum absolute atomic E-state index is 13.2. The van der Waals surface area contributed by atoms with E-state index in [1.54, 1.807) is 16.7 Å². The Labute approximate surface area is 125 Å². The highest BCUT2D eigenvalue weighted by Crippen LogP contribution is 2.21. The fourth-order valence-electron chi connectivity index (χ4n) is 1.83. The van der Waals surface area contributed by atoms with Crippen LogP contribution in [0.25, 0.3) is 5.65 Å². The second-order valence-electron chi connectivity index (χ2n) is 4.22. The minimum atomic E-state index is -1.08. The zero-order chi connectivity index (χ0) is 15.0. The number of carbonyl (C=O) groups excluding carboxylic acids is 1. The van der Waals surface area contributed by atoms with Crippen molar-refractivity contribution in [1.82, 2.24) is 14.6 Å². The van der Waals surface area contributed by atoms with Crippen LogP contribution in [0.3, 0.4) is 0 Å². The van der Waals surface area contributed by atoms with E-state index >= 15 is 0 Å². The van der Waals surface area contributed by atoms with Gasteiger partial charge in [0.05, 0.1) is 5.69 Å². The van der Waals surface area contributed by atoms with Crippen molar-refractivity contribution in [2.24, 2.45) is 0 Å². The lowest BCUT2D eigenvalue weighted by Crippen LogP contribution is -2.13. The molecule has 0 saturated carbocycles. The lowest BCUT2D eigenvalue weighted by molar-refractivity contribution is 0.102. The molecular weight excluding hydrogens is 346 g/mol. The number of pyridine rings is 1. The molecule has 0 aliphatic rings. The van der Waals surface area contributed by atoms with Gasteiger partial charge < -0.3 is 5.32 Å². The Morgan fingerprint density at radius 2 is 2.05 bits per heavy atom. The Hall–Kier alpha value is -2.35. The lowest BCUT2D eigenvalue weighted by atomic mass is 10.2. The monoisotopic (exact) mass is 352 g/mol. The second kappa shape index (κ2) is 5.21. The van der Waals surface area contributed by atoms with E-state index < -0.39 is 17.5 Å². The molecule has 0 aliphatic heterocycles. The van der Waals surface area contributed by atoms with Crippen LogP contribution in [0.1, 0.15) is 10.4 Å². The Bertz CT molecular complexity index is 849. The molecule has 1 amide bonds. The fourth-order valence-corrected chi connectivity index (χ4v) is 2.28. The summed E-state index contributed by atoms with van der Waals surface area (Å²) in [5.74, 6) is -2.66. The number of halogens is 3. The van der Waals surface area contributed by atoms with E-state index in [4.69, 9.17) is 0 Å². The summed E-state index contributed by atoms with van der Waals surface area (Å²) in [5, 5.41) is 10.2. The average Bonchev–Trinajstić information content (AvgIpc) is 2.90. The van der Waals surface area contributed by atoms with Gasteiger partial charge in [-0.1, -0.05) is 0 Å². The molecule has 0 saturated heterocycles. The first-order valence-electron chi connectivity index (χ1n) is 5.80. The van der Waals surface area contributed by atoms with Crippen LogP contribution in [-0.4, -0.2) is 20.5 Å². The summed E-state index contributed by atoms with van der Waals surface area (Å²) in [4.78, 5) is 12.1. The van der Waals surface area contributed by atoms with Crippen molar-refractivity contribution in [1.29, 1.82) is 0 Å². The summed E-state index contributed by atoms with van der Waals surface area (Å²) in [6, 6.07) is 4.58. The van der Waals surface area contributed by atoms with Gasteiger partial charge in [0.15, 0.2) is 17.3 Å². The van der Waals surface area contributed by atoms with E-state index in [1.807, 2.05) is 0 Å². The molecule has 1 aromatic carbocycles. The number of hydrogen-bond acceptors (Lipinski definition) is 3. The standard InChI is InChI=1S/C13H7BrF2N4O/c14-8-4-11(12-19-17-6-20(12)5-8)18-13(21)7-1-2-9(15)10(16)3-7/h1-6H,(H,18,21). The first kappa shape index (κ1) is 13.6. The molecule has 106 valence electrons. The minimum Gasteiger partial charge on any atom is -0.319 e. The molecule has 0 fully saturated rings. The smallest absolute Gasteiger partial charge is 0.255 e. The van der Waals surface area contributed by atoms with Crippen LogP contribution < -0.4 is 5.32 Å². The summed E-state index contributed by atoms with van der Waals surface area (Å²) >= 11 is 3.30. The summed E-state index contributed by atoms with van der Waals surface area (Å²) in [6.45, 7) is 0. The van der Waals surface area contributed by atoms with E-state index in [-0.39, 0.29) is 5.56 Å². The van der Waals surface area contributed by atoms with Crippen LogP contribution in [0.4, 0.5) is 14.5 Å². The molecule has 0 radical (unpaired) electrons. The van der Waals surface area contributed by atoms with Gasteiger partial charge in [-0.15, -0.1) is 10.2 Å². The third kappa shape index (κ3) is 2.62. The molecule has 8 heteroatoms. The highest BCUT2D eigenvalue weighted by atomic mass is 79.9. The zero-order valence-corrected chi connectivity index (χ0v) is 11.9. The number of carbonyl (C=O) groups is 1. The minimum absolute atomic E-state index is 0.00606. The number of anilines is 1. The number of nitrogens with zero attached hydrogens (tertiary/aromatic N) is 3. The molecule has 0 unspecified atom stereocenters. The third-order valence-electron chi connectivity index (χ3n) is 2.79. The molecule has 2 aromatic heterocycles. The maximum Gasteiger partial charge on any atom is 0.255 e. The van der Waals surface area contributed by atoms with Crippen molar-refractivity contribution in [3.05, 3.63) is 58.5 Å². The van der Waals surface area contributed by atoms with Gasteiger partial charge in [0.25, 0.3) is 5.91 Å². The second-order valence-corrected chi connectivity index (χ2v) is 5.13. The first-order chi connectivity index (χ1) is 10.0. The average molecular weight is 353 g/mol. The third-order valence-corrected chi connectivity index (χ3v) is 3.22. The molecule has 0 bridgehead atoms. The molecule has 3 rings (SSSR count). The highest BCUT2D eigenvalue weighted by Gasteiger charge is 2.13. The predicted octanol–water partition coefficient (Wildman–Crippen LogP) is 3.02. The van der Waals surface area contributed by atoms with Crippen molar-refractivity contribution >= 4 is 33.2 Å². The summed E-state index contributed by atoms with van der Waals surface area (Å²) < 4.78 is 28.4. The normalized spacial score (nSPS) is 10.8. The van der Waals surface area contributed by atoms with E-state index in [0.29, 0.717) is 15.8 Å². The number of amides is 1. The molecule has 2 heterocycles. The van der Waals surface area contributed by atoms with Crippen molar-refractivity contribution in [3.63, 3.8) is 0 Å². The number of hydrogen-bond donors (Lipinski definition) is 1. The van der Waals surface area contributed by atoms with Gasteiger partial charge in [-0.05, 0) is 40.2 Å². The van der Waals surface area contributed by atoms with Crippen molar-refractivity contribution in [3.8, 4) is 0 Å². The van der Waals surface area contributed by atoms with Gasteiger partial charge in [0.2, 0.25) is 0 Å². The number of nitrogens with one attached hydrogen (secondary N) is 1. The van der Waals surface area contributed by atoms with Crippen molar-refractivity contribution in [2.45, 2.75) is 0 Å². The topological polar surface area (TPSA) is 59.3 Å². The lowest BCUT2D eigenvalue weighted by Gasteiger charge is -2.07. The van der Waals surface area contributed by atoms with Gasteiger partial charge in [0, 0.05) is 16.2 Å². The number of fused-ring (bicyclic) bond motifs is 1. The Morgan fingerprint density at radius 1 is 1.24 bits per heavy atom. The predicted molar refractivity (Wildman–Crippen MR) is 75.0 cm³/mol. The summed E-state index contributed by atoms with van der Waals surface area (Å²) in [7, 11) is 0. The molecular formula is C13H7BrF2N4O. The van der Waals surface area contributed by atoms with Crippen LogP contribution >= 0.6 is 15.9 Å². The molecule has 21 heavy (non-hydrogen) atoms. The zero-order valence-electron chi connectivity index (χ0n) is 10.3. The number of benzene rings is 1. The Kier molecular flexibility index (Phi) is 3.38. The van der Waals surface area contributed by atoms with Crippen LogP contribution in [0, 0.1) is 11.6 Å². The van der Waals surface area contributed by atoms with Crippen LogP contribution in [0.5, 0.6) is 0 Å². The largest absolute Gasteiger partial charge is 0.319 e. The number of aromatic nitrogens is 3. The summed E-state index contributed by atoms with van der Waals surface area (Å²) in [6.07, 6.45) is 3.20. The molecule has 0 spiro atoms. The SMILES string of the molecule is O=C(Nc1cc(Br)cn2cnnc12)c1ccc(F)c(F)c1. The van der Waals surface area contributed by atoms with Crippen LogP contribution in [0.15, 0.2) is 41.3 Å². The van der Waals surface area contributed by atoms with E-state index in [1.165, 1.54) is 12.4 Å². The maximum atomic E-state index is 13.2. The fraction of sp³-hybridized carbons (Fsp3) is 0. The molecule has 1 N–H and O–H groups in total. The van der Waals surface area contributed by atoms with Gasteiger partial charge >= 0.3 is 0 Å². The number of rotatable bonds is 2. The highest BCUT2D eigenvalue weighted by molar-refractivity contribution is 9.10. The van der Waals surface area contributed by atoms with E-state index in [0.717, 1.165) is 12.1 Å². The van der Waals surface area contributed by atoms with Gasteiger partial charge in [0.1, 0.15) is 6.33 Å². The Morgan fingerprint density at radius 3 is 2.81 bits per heavy atom. The molecule has 0 aliphatic carbocycles. The summed E-state index contributed by atoms with van der Waals surface area (Å²) in [5.41, 5.74) is 0.845. The van der Waals surface area contributed by atoms with E-state index in [9.17, 15) is 13.6 Å². The first-order valence-corrected chi connectivity index (χ1v) is 6.59.